The fraction of sp³-hybridized carbons (Fsp3) is 0.933. The van der Waals surface area contributed by atoms with Crippen LogP contribution in [0.4, 0.5) is 0 Å². The first-order chi connectivity index (χ1) is 19.9. The van der Waals surface area contributed by atoms with Crippen LogP contribution in [0.3, 0.4) is 0 Å². The lowest BCUT2D eigenvalue weighted by molar-refractivity contribution is -0.435. The van der Waals surface area contributed by atoms with Gasteiger partial charge in [-0.05, 0) is 0 Å². The van der Waals surface area contributed by atoms with E-state index in [0.717, 1.165) is 21.3 Å². The largest absolute Gasteiger partial charge is 0.479 e. The number of aliphatic carboxylic acids is 1. The predicted octanol–water partition coefficient (Wildman–Crippen LogP) is -2.85. The van der Waals surface area contributed by atoms with Crippen LogP contribution in [-0.2, 0) is 90.5 Å². The van der Waals surface area contributed by atoms with Gasteiger partial charge in [0.2, 0.25) is 0 Å². The molecule has 4 unspecified atom stereocenters. The van der Waals surface area contributed by atoms with Crippen LogP contribution in [-0.4, -0.2) is 145 Å². The maximum Gasteiger partial charge on any atom is 0.397 e. The molecule has 2 aliphatic rings. The van der Waals surface area contributed by atoms with E-state index in [0.29, 0.717) is 0 Å². The molecule has 0 spiro atoms. The highest BCUT2D eigenvalue weighted by Gasteiger charge is 2.57. The van der Waals surface area contributed by atoms with Crippen LogP contribution in [0.15, 0.2) is 0 Å². The lowest BCUT2D eigenvalue weighted by Crippen LogP contribution is -2.66. The summed E-state index contributed by atoms with van der Waals surface area (Å²) in [5.41, 5.74) is 0. The summed E-state index contributed by atoms with van der Waals surface area (Å²) in [5.74, 6) is -1.81. The zero-order valence-electron chi connectivity index (χ0n) is 21.6. The Morgan fingerprint density at radius 1 is 0.744 bits per heavy atom. The fourth-order valence-corrected chi connectivity index (χ4v) is 5.62. The summed E-state index contributed by atoms with van der Waals surface area (Å²) in [5, 5.41) is 21.3. The van der Waals surface area contributed by atoms with Crippen LogP contribution in [0.2, 0.25) is 0 Å². The van der Waals surface area contributed by atoms with E-state index in [1.165, 1.54) is 0 Å². The van der Waals surface area contributed by atoms with Crippen molar-refractivity contribution in [2.45, 2.75) is 61.4 Å². The van der Waals surface area contributed by atoms with E-state index in [1.54, 1.807) is 0 Å². The summed E-state index contributed by atoms with van der Waals surface area (Å²) in [7, 11) is -13.1. The number of methoxy groups -OCH3 is 3. The Morgan fingerprint density at radius 3 is 1.72 bits per heavy atom. The van der Waals surface area contributed by atoms with Gasteiger partial charge in [-0.1, -0.05) is 5.04 Å². The normalized spacial score (nSPS) is 34.2. The van der Waals surface area contributed by atoms with Crippen LogP contribution >= 0.6 is 12.3 Å². The van der Waals surface area contributed by atoms with Crippen LogP contribution in [0.5, 0.6) is 0 Å². The molecule has 0 aliphatic carbocycles. The minimum absolute atomic E-state index is 0.173. The zero-order chi connectivity index (χ0) is 32.8. The predicted molar refractivity (Wildman–Crippen MR) is 126 cm³/mol. The molecule has 28 heteroatoms. The Kier molecular flexibility index (Phi) is 14.3. The maximum absolute atomic E-state index is 12.0. The molecule has 2 fully saturated rings. The molecule has 43 heavy (non-hydrogen) atoms. The van der Waals surface area contributed by atoms with E-state index < -0.39 is 105 Å². The molecule has 254 valence electrons. The summed E-state index contributed by atoms with van der Waals surface area (Å²) in [6.45, 7) is -1.14. The van der Waals surface area contributed by atoms with Gasteiger partial charge in [0.25, 0.3) is 0 Å². The first-order valence-electron chi connectivity index (χ1n) is 10.9. The van der Waals surface area contributed by atoms with Crippen LogP contribution in [0, 0.1) is 0 Å². The van der Waals surface area contributed by atoms with Crippen molar-refractivity contribution >= 4 is 49.5 Å². The minimum Gasteiger partial charge on any atom is -0.479 e. The van der Waals surface area contributed by atoms with Crippen molar-refractivity contribution in [2.75, 3.05) is 27.9 Å². The first kappa shape index (κ1) is 38.2. The Hall–Kier alpha value is -0.970. The van der Waals surface area contributed by atoms with Gasteiger partial charge in [0.1, 0.15) is 30.5 Å². The SMILES string of the molecule is COC1C(OS(=O)(=O)O)[C@@H](OC)O[C@@H](COS(=O)(=O)O)[C@H]1O[C@@H]1OC(C(=O)O)[C@@H](OSOOO)[C@@H](OC)C1OS(=O)(=O)O. The monoisotopic (exact) mass is 718 g/mol. The summed E-state index contributed by atoms with van der Waals surface area (Å²) < 4.78 is 151. The molecule has 5 N–H and O–H groups in total. The van der Waals surface area contributed by atoms with Crippen molar-refractivity contribution in [2.24, 2.45) is 0 Å². The first-order valence-corrected chi connectivity index (χ1v) is 15.6. The van der Waals surface area contributed by atoms with Crippen molar-refractivity contribution in [3.63, 3.8) is 0 Å². The second kappa shape index (κ2) is 16.0. The average molecular weight is 719 g/mol. The number of carbonyl (C=O) groups is 1. The average Bonchev–Trinajstić information content (AvgIpc) is 2.87. The Bertz CT molecular complexity index is 1220. The minimum atomic E-state index is -5.44. The van der Waals surface area contributed by atoms with E-state index in [2.05, 4.69) is 21.9 Å². The Morgan fingerprint density at radius 2 is 1.28 bits per heavy atom. The number of ether oxygens (including phenoxy) is 6. The highest BCUT2D eigenvalue weighted by atomic mass is 32.3. The summed E-state index contributed by atoms with van der Waals surface area (Å²) in [6, 6.07) is 0. The topological polar surface area (TPSA) is 331 Å². The van der Waals surface area contributed by atoms with Crippen molar-refractivity contribution in [1.29, 1.82) is 0 Å². The van der Waals surface area contributed by atoms with Gasteiger partial charge in [-0.3, -0.25) is 17.8 Å². The van der Waals surface area contributed by atoms with Crippen LogP contribution in [0.1, 0.15) is 0 Å². The molecule has 2 heterocycles. The molecule has 2 rings (SSSR count). The van der Waals surface area contributed by atoms with Gasteiger partial charge < -0.3 is 33.5 Å². The fourth-order valence-electron chi connectivity index (χ4n) is 4.00. The lowest BCUT2D eigenvalue weighted by atomic mass is 9.96. The molecule has 2 aliphatic heterocycles. The smallest absolute Gasteiger partial charge is 0.397 e. The second-order valence-electron chi connectivity index (χ2n) is 8.00. The van der Waals surface area contributed by atoms with Gasteiger partial charge >= 0.3 is 37.2 Å². The molecule has 0 bridgehead atoms. The number of hydrogen-bond acceptors (Lipinski definition) is 21. The zero-order valence-corrected chi connectivity index (χ0v) is 24.9. The number of carboxylic acid groups (broad SMARTS) is 1. The summed E-state index contributed by atoms with van der Waals surface area (Å²) >= 11 is -0.173. The molecule has 0 amide bonds. The number of carboxylic acids is 1. The Balaban J connectivity index is 2.61. The highest BCUT2D eigenvalue weighted by molar-refractivity contribution is 7.89. The van der Waals surface area contributed by atoms with E-state index in [1.807, 2.05) is 0 Å². The molecule has 10 atom stereocenters. The summed E-state index contributed by atoms with van der Waals surface area (Å²) in [4.78, 5) is 12.0. The van der Waals surface area contributed by atoms with Crippen molar-refractivity contribution in [3.8, 4) is 0 Å². The second-order valence-corrected chi connectivity index (χ2v) is 11.7. The van der Waals surface area contributed by atoms with Crippen molar-refractivity contribution in [3.05, 3.63) is 0 Å². The molecular weight excluding hydrogens is 692 g/mol. The van der Waals surface area contributed by atoms with Gasteiger partial charge in [-0.15, -0.1) is 4.33 Å². The third-order valence-corrected chi connectivity index (χ3v) is 7.23. The molecular formula is C15H26O24S4. The van der Waals surface area contributed by atoms with Gasteiger partial charge in [-0.25, -0.2) is 22.6 Å². The van der Waals surface area contributed by atoms with Gasteiger partial charge in [0.05, 0.1) is 6.61 Å². The van der Waals surface area contributed by atoms with Crippen LogP contribution < -0.4 is 0 Å². The van der Waals surface area contributed by atoms with Crippen molar-refractivity contribution < 1.29 is 109 Å². The molecule has 2 saturated heterocycles. The number of rotatable bonds is 17. The highest BCUT2D eigenvalue weighted by Crippen LogP contribution is 2.36. The molecule has 0 aromatic carbocycles. The Labute approximate surface area is 247 Å². The van der Waals surface area contributed by atoms with Crippen LogP contribution in [0.25, 0.3) is 0 Å². The third kappa shape index (κ3) is 11.4. The molecule has 0 aromatic rings. The molecule has 0 saturated carbocycles. The van der Waals surface area contributed by atoms with Gasteiger partial charge in [0, 0.05) is 21.3 Å². The van der Waals surface area contributed by atoms with Crippen molar-refractivity contribution in [1.82, 2.24) is 0 Å². The van der Waals surface area contributed by atoms with Gasteiger partial charge in [0.15, 0.2) is 43.2 Å². The molecule has 0 radical (unpaired) electrons. The van der Waals surface area contributed by atoms with E-state index >= 15 is 0 Å². The maximum atomic E-state index is 12.0. The summed E-state index contributed by atoms with van der Waals surface area (Å²) in [6.07, 6.45) is -19.7. The standard InChI is InChI=1S/C15H26O24S4/c1-28-7-6(5(4-31-41(19,20)21)32-14(30-3)11(7)36-42(22,23)24)33-15-12(37-43(25,26)27)8(29-2)9(35-40-39-38-18)10(34-15)13(16)17/h5-12,14-15,18H,4H2,1-3H3,(H,16,17)(H,19,20,21)(H,22,23,24)(H,25,26,27)/t5-,6+,7?,8+,9-,10?,11?,12?,14-,15+/m0/s1. The van der Waals surface area contributed by atoms with E-state index in [4.69, 9.17) is 42.4 Å². The third-order valence-electron chi connectivity index (χ3n) is 5.45. The lowest BCUT2D eigenvalue weighted by Gasteiger charge is -2.48. The molecule has 0 aromatic heterocycles. The van der Waals surface area contributed by atoms with E-state index in [-0.39, 0.29) is 12.3 Å². The molecule has 24 nitrogen and oxygen atoms in total. The van der Waals surface area contributed by atoms with E-state index in [9.17, 15) is 44.3 Å². The number of hydrogen-bond donors (Lipinski definition) is 5. The van der Waals surface area contributed by atoms with Gasteiger partial charge in [-0.2, -0.15) is 25.3 Å². The quantitative estimate of drug-likeness (QED) is 0.0332.